The lowest BCUT2D eigenvalue weighted by atomic mass is 10.2. The molecule has 0 aliphatic carbocycles. The van der Waals surface area contributed by atoms with E-state index in [-0.39, 0.29) is 37.1 Å². The number of urea groups is 1. The quantitative estimate of drug-likeness (QED) is 0.728. The molecule has 2 aliphatic rings. The third-order valence-corrected chi connectivity index (χ3v) is 5.67. The van der Waals surface area contributed by atoms with Gasteiger partial charge in [0, 0.05) is 33.2 Å². The zero-order chi connectivity index (χ0) is 15.6. The molecule has 21 heavy (non-hydrogen) atoms. The Bertz CT molecular complexity index is 520. The van der Waals surface area contributed by atoms with Crippen LogP contribution in [-0.2, 0) is 19.4 Å². The molecular weight excluding hydrogens is 300 g/mol. The predicted molar refractivity (Wildman–Crippen MR) is 73.8 cm³/mol. The summed E-state index contributed by atoms with van der Waals surface area (Å²) in [5.41, 5.74) is 0. The normalized spacial score (nSPS) is 29.2. The first-order chi connectivity index (χ1) is 9.84. The van der Waals surface area contributed by atoms with Crippen LogP contribution in [0.15, 0.2) is 0 Å². The summed E-state index contributed by atoms with van der Waals surface area (Å²) in [6.07, 6.45) is 0.336. The molecule has 8 nitrogen and oxygen atoms in total. The van der Waals surface area contributed by atoms with Crippen LogP contribution in [0, 0.1) is 0 Å². The second-order valence-electron chi connectivity index (χ2n) is 5.37. The number of nitrogens with zero attached hydrogens (tertiary/aromatic N) is 2. The van der Waals surface area contributed by atoms with E-state index in [9.17, 15) is 23.1 Å². The van der Waals surface area contributed by atoms with E-state index >= 15 is 0 Å². The summed E-state index contributed by atoms with van der Waals surface area (Å²) >= 11 is 0. The Morgan fingerprint density at radius 3 is 2.57 bits per heavy atom. The fourth-order valence-electron chi connectivity index (χ4n) is 2.73. The Hall–Kier alpha value is -1.35. The molecule has 0 aromatic carbocycles. The van der Waals surface area contributed by atoms with E-state index in [1.54, 1.807) is 0 Å². The van der Waals surface area contributed by atoms with Crippen LogP contribution in [0.2, 0.25) is 0 Å². The van der Waals surface area contributed by atoms with Crippen LogP contribution < -0.4 is 0 Å². The van der Waals surface area contributed by atoms with E-state index < -0.39 is 27.9 Å². The number of amides is 2. The van der Waals surface area contributed by atoms with Crippen molar-refractivity contribution < 1.29 is 27.9 Å². The Morgan fingerprint density at radius 2 is 1.95 bits per heavy atom. The number of methoxy groups -OCH3 is 1. The van der Waals surface area contributed by atoms with E-state index in [1.807, 2.05) is 0 Å². The summed E-state index contributed by atoms with van der Waals surface area (Å²) in [5.74, 6) is -1.07. The van der Waals surface area contributed by atoms with Crippen LogP contribution in [-0.4, -0.2) is 85.7 Å². The lowest BCUT2D eigenvalue weighted by Gasteiger charge is -2.29. The summed E-state index contributed by atoms with van der Waals surface area (Å²) in [5, 5.41) is 9.22. The van der Waals surface area contributed by atoms with E-state index in [1.165, 1.54) is 16.9 Å². The zero-order valence-corrected chi connectivity index (χ0v) is 12.7. The molecule has 2 unspecified atom stereocenters. The number of carbonyl (C=O) groups is 2. The molecule has 0 aromatic heterocycles. The highest BCUT2D eigenvalue weighted by Crippen LogP contribution is 2.22. The molecule has 0 spiro atoms. The third kappa shape index (κ3) is 3.65. The minimum atomic E-state index is -3.11. The van der Waals surface area contributed by atoms with Gasteiger partial charge in [0.2, 0.25) is 0 Å². The van der Waals surface area contributed by atoms with Gasteiger partial charge in [0.25, 0.3) is 0 Å². The molecule has 2 atom stereocenters. The van der Waals surface area contributed by atoms with E-state index in [0.717, 1.165) is 0 Å². The van der Waals surface area contributed by atoms with Crippen molar-refractivity contribution in [2.45, 2.75) is 25.0 Å². The fourth-order valence-corrected chi connectivity index (χ4v) is 4.00. The van der Waals surface area contributed by atoms with Gasteiger partial charge in [0.15, 0.2) is 9.84 Å². The van der Waals surface area contributed by atoms with Crippen LogP contribution in [0.1, 0.15) is 12.8 Å². The third-order valence-electron chi connectivity index (χ3n) is 3.95. The van der Waals surface area contributed by atoms with Crippen molar-refractivity contribution in [1.29, 1.82) is 0 Å². The van der Waals surface area contributed by atoms with Gasteiger partial charge in [-0.3, -0.25) is 0 Å². The standard InChI is InChI=1S/C12H20N2O6S/c1-20-9-7-10(11(15)16)14(8-9)12(17)13-3-2-5-21(18,19)6-4-13/h9-10H,2-8H2,1H3,(H,15,16). The number of hydrogen-bond acceptors (Lipinski definition) is 5. The predicted octanol–water partition coefficient (Wildman–Crippen LogP) is -0.599. The number of hydrogen-bond donors (Lipinski definition) is 1. The molecule has 2 saturated heterocycles. The van der Waals surface area contributed by atoms with Gasteiger partial charge in [-0.25, -0.2) is 18.0 Å². The smallest absolute Gasteiger partial charge is 0.326 e. The van der Waals surface area contributed by atoms with Crippen LogP contribution in [0.5, 0.6) is 0 Å². The molecular formula is C12H20N2O6S. The van der Waals surface area contributed by atoms with Gasteiger partial charge in [0.05, 0.1) is 17.6 Å². The van der Waals surface area contributed by atoms with Crippen molar-refractivity contribution in [3.63, 3.8) is 0 Å². The van der Waals surface area contributed by atoms with Gasteiger partial charge >= 0.3 is 12.0 Å². The lowest BCUT2D eigenvalue weighted by Crippen LogP contribution is -2.49. The van der Waals surface area contributed by atoms with Crippen LogP contribution in [0.3, 0.4) is 0 Å². The van der Waals surface area contributed by atoms with Gasteiger partial charge in [-0.1, -0.05) is 0 Å². The summed E-state index contributed by atoms with van der Waals surface area (Å²) in [6, 6.07) is -1.33. The number of sulfone groups is 1. The van der Waals surface area contributed by atoms with E-state index in [0.29, 0.717) is 13.0 Å². The molecule has 2 amide bonds. The first kappa shape index (κ1) is 16.0. The van der Waals surface area contributed by atoms with Gasteiger partial charge in [-0.2, -0.15) is 0 Å². The molecule has 0 saturated carbocycles. The SMILES string of the molecule is COC1CC(C(=O)O)N(C(=O)N2CCCS(=O)(=O)CC2)C1. The maximum atomic E-state index is 12.5. The van der Waals surface area contributed by atoms with Crippen LogP contribution in [0.25, 0.3) is 0 Å². The Labute approximate surface area is 123 Å². The second kappa shape index (κ2) is 6.18. The first-order valence-corrected chi connectivity index (χ1v) is 8.68. The van der Waals surface area contributed by atoms with Gasteiger partial charge in [-0.15, -0.1) is 0 Å². The maximum Gasteiger partial charge on any atom is 0.326 e. The number of carboxylic acids is 1. The zero-order valence-electron chi connectivity index (χ0n) is 11.9. The van der Waals surface area contributed by atoms with E-state index in [2.05, 4.69) is 0 Å². The van der Waals surface area contributed by atoms with Gasteiger partial charge < -0.3 is 19.6 Å². The average Bonchev–Trinajstić information content (AvgIpc) is 2.77. The van der Waals surface area contributed by atoms with Gasteiger partial charge in [0.1, 0.15) is 6.04 Å². The molecule has 0 bridgehead atoms. The molecule has 2 heterocycles. The van der Waals surface area contributed by atoms with Gasteiger partial charge in [-0.05, 0) is 6.42 Å². The molecule has 120 valence electrons. The Balaban J connectivity index is 2.09. The van der Waals surface area contributed by atoms with Crippen molar-refractivity contribution in [3.05, 3.63) is 0 Å². The molecule has 0 aromatic rings. The highest BCUT2D eigenvalue weighted by atomic mass is 32.2. The van der Waals surface area contributed by atoms with Crippen molar-refractivity contribution in [2.24, 2.45) is 0 Å². The monoisotopic (exact) mass is 320 g/mol. The number of ether oxygens (including phenoxy) is 1. The molecule has 9 heteroatoms. The lowest BCUT2D eigenvalue weighted by molar-refractivity contribution is -0.141. The minimum Gasteiger partial charge on any atom is -0.480 e. The topological polar surface area (TPSA) is 104 Å². The largest absolute Gasteiger partial charge is 0.480 e. The number of rotatable bonds is 2. The first-order valence-electron chi connectivity index (χ1n) is 6.85. The molecule has 1 N–H and O–H groups in total. The van der Waals surface area contributed by atoms with E-state index in [4.69, 9.17) is 4.74 Å². The second-order valence-corrected chi connectivity index (χ2v) is 7.68. The molecule has 2 fully saturated rings. The van der Waals surface area contributed by atoms with Crippen molar-refractivity contribution >= 4 is 21.8 Å². The highest BCUT2D eigenvalue weighted by molar-refractivity contribution is 7.91. The Morgan fingerprint density at radius 1 is 1.24 bits per heavy atom. The van der Waals surface area contributed by atoms with Crippen LogP contribution >= 0.6 is 0 Å². The summed E-state index contributed by atoms with van der Waals surface area (Å²) in [7, 11) is -1.63. The summed E-state index contributed by atoms with van der Waals surface area (Å²) < 4.78 is 28.3. The number of likely N-dealkylation sites (tertiary alicyclic amines) is 1. The molecule has 2 aliphatic heterocycles. The number of aliphatic carboxylic acids is 1. The average molecular weight is 320 g/mol. The number of carbonyl (C=O) groups excluding carboxylic acids is 1. The van der Waals surface area contributed by atoms with Crippen LogP contribution in [0.4, 0.5) is 4.79 Å². The van der Waals surface area contributed by atoms with Crippen molar-refractivity contribution in [2.75, 3.05) is 38.2 Å². The van der Waals surface area contributed by atoms with Crippen molar-refractivity contribution in [3.8, 4) is 0 Å². The molecule has 2 rings (SSSR count). The Kier molecular flexibility index (Phi) is 4.72. The summed E-state index contributed by atoms with van der Waals surface area (Å²) in [4.78, 5) is 26.4. The fraction of sp³-hybridized carbons (Fsp3) is 0.833. The summed E-state index contributed by atoms with van der Waals surface area (Å²) in [6.45, 7) is 0.662. The molecule has 0 radical (unpaired) electrons. The minimum absolute atomic E-state index is 0.0693. The number of carboxylic acid groups (broad SMARTS) is 1. The maximum absolute atomic E-state index is 12.5. The van der Waals surface area contributed by atoms with Crippen molar-refractivity contribution in [1.82, 2.24) is 9.80 Å². The highest BCUT2D eigenvalue weighted by Gasteiger charge is 2.41.